The fourth-order valence-corrected chi connectivity index (χ4v) is 3.94. The number of hydrogen-bond acceptors (Lipinski definition) is 5. The number of carbonyl (C=O) groups is 1. The van der Waals surface area contributed by atoms with Gasteiger partial charge >= 0.3 is 0 Å². The van der Waals surface area contributed by atoms with Crippen LogP contribution in [0.5, 0.6) is 11.5 Å². The Kier molecular flexibility index (Phi) is 6.46. The van der Waals surface area contributed by atoms with Crippen molar-refractivity contribution in [1.82, 2.24) is 5.32 Å². The number of halogens is 1. The molecule has 1 saturated heterocycles. The number of methoxy groups -OCH3 is 1. The summed E-state index contributed by atoms with van der Waals surface area (Å²) in [6, 6.07) is 11.6. The summed E-state index contributed by atoms with van der Waals surface area (Å²) >= 11 is 4.84. The van der Waals surface area contributed by atoms with Crippen molar-refractivity contribution < 1.29 is 14.3 Å². The second-order valence-corrected chi connectivity index (χ2v) is 8.40. The lowest BCUT2D eigenvalue weighted by Crippen LogP contribution is -2.19. The van der Waals surface area contributed by atoms with Gasteiger partial charge in [0.15, 0.2) is 16.7 Å². The molecule has 0 bridgehead atoms. The molecule has 146 valence electrons. The Morgan fingerprint density at radius 1 is 1.21 bits per heavy atom. The molecule has 1 aliphatic rings. The number of thioether (sulfide) groups is 1. The number of nitrogens with zero attached hydrogens (tertiary/aromatic N) is 1. The second kappa shape index (κ2) is 8.84. The molecule has 1 aliphatic heterocycles. The lowest BCUT2D eigenvalue weighted by Gasteiger charge is -2.16. The summed E-state index contributed by atoms with van der Waals surface area (Å²) in [5.41, 5.74) is 2.79. The summed E-state index contributed by atoms with van der Waals surface area (Å²) in [5.74, 6) is 1.07. The van der Waals surface area contributed by atoms with Gasteiger partial charge in [0.05, 0.1) is 28.3 Å². The monoisotopic (exact) mass is 460 g/mol. The number of hydrogen-bond donors (Lipinski definition) is 1. The zero-order chi connectivity index (χ0) is 20.3. The zero-order valence-corrected chi connectivity index (χ0v) is 18.5. The molecule has 1 fully saturated rings. The van der Waals surface area contributed by atoms with Gasteiger partial charge in [0.2, 0.25) is 0 Å². The number of aryl methyl sites for hydroxylation is 1. The predicted molar refractivity (Wildman–Crippen MR) is 118 cm³/mol. The lowest BCUT2D eigenvalue weighted by atomic mass is 10.2. The van der Waals surface area contributed by atoms with Crippen LogP contribution in [0.3, 0.4) is 0 Å². The van der Waals surface area contributed by atoms with E-state index in [1.165, 1.54) is 11.8 Å². The van der Waals surface area contributed by atoms with Gasteiger partial charge in [0, 0.05) is 0 Å². The Balaban J connectivity index is 1.86. The van der Waals surface area contributed by atoms with Crippen molar-refractivity contribution in [3.8, 4) is 11.5 Å². The topological polar surface area (TPSA) is 59.9 Å². The highest BCUT2D eigenvalue weighted by Crippen LogP contribution is 2.38. The highest BCUT2D eigenvalue weighted by Gasteiger charge is 2.24. The highest BCUT2D eigenvalue weighted by atomic mass is 79.9. The lowest BCUT2D eigenvalue weighted by molar-refractivity contribution is -0.115. The van der Waals surface area contributed by atoms with Gasteiger partial charge in [0.25, 0.3) is 5.91 Å². The van der Waals surface area contributed by atoms with E-state index in [-0.39, 0.29) is 12.0 Å². The summed E-state index contributed by atoms with van der Waals surface area (Å²) in [6.45, 7) is 5.93. The smallest absolute Gasteiger partial charge is 0.264 e. The molecule has 0 aromatic heterocycles. The Morgan fingerprint density at radius 2 is 1.93 bits per heavy atom. The molecule has 1 heterocycles. The van der Waals surface area contributed by atoms with E-state index in [0.29, 0.717) is 21.6 Å². The van der Waals surface area contributed by atoms with Gasteiger partial charge in [-0.05, 0) is 84.4 Å². The summed E-state index contributed by atoms with van der Waals surface area (Å²) in [7, 11) is 1.59. The SMILES string of the molecule is COc1cc(C=C2SC(=Nc3ccc(C)cc3)NC2=O)cc(Br)c1OC(C)C. The number of aliphatic imine (C=N–C) groups is 1. The van der Waals surface area contributed by atoms with E-state index < -0.39 is 0 Å². The van der Waals surface area contributed by atoms with Gasteiger partial charge in [-0.2, -0.15) is 0 Å². The molecule has 3 rings (SSSR count). The molecule has 1 N–H and O–H groups in total. The van der Waals surface area contributed by atoms with E-state index in [0.717, 1.165) is 21.3 Å². The van der Waals surface area contributed by atoms with Crippen LogP contribution in [0.2, 0.25) is 0 Å². The summed E-state index contributed by atoms with van der Waals surface area (Å²) in [5, 5.41) is 3.37. The third-order valence-corrected chi connectivity index (χ3v) is 5.32. The standard InChI is InChI=1S/C21H21BrN2O3S/c1-12(2)27-19-16(22)9-14(10-17(19)26-4)11-18-20(25)24-21(28-18)23-15-7-5-13(3)6-8-15/h5-12H,1-4H3,(H,23,24,25). The number of rotatable bonds is 5. The number of nitrogens with one attached hydrogen (secondary N) is 1. The first-order chi connectivity index (χ1) is 13.4. The van der Waals surface area contributed by atoms with Crippen LogP contribution in [0, 0.1) is 6.92 Å². The first kappa shape index (κ1) is 20.5. The van der Waals surface area contributed by atoms with Crippen molar-refractivity contribution in [2.75, 3.05) is 7.11 Å². The normalized spacial score (nSPS) is 16.7. The largest absolute Gasteiger partial charge is 0.493 e. The first-order valence-electron chi connectivity index (χ1n) is 8.76. The first-order valence-corrected chi connectivity index (χ1v) is 10.4. The number of carbonyl (C=O) groups excluding carboxylic acids is 1. The molecule has 0 radical (unpaired) electrons. The van der Waals surface area contributed by atoms with Crippen molar-refractivity contribution in [3.63, 3.8) is 0 Å². The minimum absolute atomic E-state index is 0.0195. The highest BCUT2D eigenvalue weighted by molar-refractivity contribution is 9.10. The quantitative estimate of drug-likeness (QED) is 0.602. The molecule has 28 heavy (non-hydrogen) atoms. The van der Waals surface area contributed by atoms with Gasteiger partial charge in [0.1, 0.15) is 0 Å². The van der Waals surface area contributed by atoms with Crippen molar-refractivity contribution in [1.29, 1.82) is 0 Å². The summed E-state index contributed by atoms with van der Waals surface area (Å²) in [6.07, 6.45) is 1.83. The number of amides is 1. The molecule has 0 atom stereocenters. The van der Waals surface area contributed by atoms with Crippen molar-refractivity contribution in [2.45, 2.75) is 26.9 Å². The molecule has 0 unspecified atom stereocenters. The fraction of sp³-hybridized carbons (Fsp3) is 0.238. The van der Waals surface area contributed by atoms with Crippen LogP contribution >= 0.6 is 27.7 Å². The van der Waals surface area contributed by atoms with Crippen LogP contribution in [0.15, 0.2) is 50.8 Å². The Hall–Kier alpha value is -2.25. The Labute approximate surface area is 177 Å². The Bertz CT molecular complexity index is 953. The van der Waals surface area contributed by atoms with Crippen molar-refractivity contribution in [3.05, 3.63) is 56.9 Å². The molecule has 0 spiro atoms. The van der Waals surface area contributed by atoms with E-state index in [1.54, 1.807) is 7.11 Å². The number of ether oxygens (including phenoxy) is 2. The zero-order valence-electron chi connectivity index (χ0n) is 16.1. The molecule has 0 saturated carbocycles. The van der Waals surface area contributed by atoms with E-state index >= 15 is 0 Å². The van der Waals surface area contributed by atoms with Crippen molar-refractivity contribution in [2.24, 2.45) is 4.99 Å². The van der Waals surface area contributed by atoms with E-state index in [1.807, 2.05) is 63.2 Å². The molecular weight excluding hydrogens is 440 g/mol. The molecule has 2 aromatic rings. The van der Waals surface area contributed by atoms with E-state index in [4.69, 9.17) is 9.47 Å². The van der Waals surface area contributed by atoms with Gasteiger partial charge in [-0.3, -0.25) is 4.79 Å². The van der Waals surface area contributed by atoms with E-state index in [9.17, 15) is 4.79 Å². The van der Waals surface area contributed by atoms with Crippen LogP contribution in [0.25, 0.3) is 6.08 Å². The summed E-state index contributed by atoms with van der Waals surface area (Å²) in [4.78, 5) is 17.4. The molecule has 0 aliphatic carbocycles. The minimum Gasteiger partial charge on any atom is -0.493 e. The predicted octanol–water partition coefficient (Wildman–Crippen LogP) is 5.44. The number of benzene rings is 2. The van der Waals surface area contributed by atoms with Crippen LogP contribution in [-0.2, 0) is 4.79 Å². The molecular formula is C21H21BrN2O3S. The fourth-order valence-electron chi connectivity index (χ4n) is 2.54. The van der Waals surface area contributed by atoms with Crippen molar-refractivity contribution >= 4 is 50.5 Å². The average molecular weight is 461 g/mol. The molecule has 7 heteroatoms. The maximum atomic E-state index is 12.3. The van der Waals surface area contributed by atoms with Crippen LogP contribution in [0.4, 0.5) is 5.69 Å². The molecule has 5 nitrogen and oxygen atoms in total. The third-order valence-electron chi connectivity index (χ3n) is 3.82. The number of amidine groups is 1. The molecule has 2 aromatic carbocycles. The van der Waals surface area contributed by atoms with Gasteiger partial charge in [-0.1, -0.05) is 17.7 Å². The van der Waals surface area contributed by atoms with Crippen LogP contribution in [0.1, 0.15) is 25.0 Å². The van der Waals surface area contributed by atoms with Crippen LogP contribution < -0.4 is 14.8 Å². The van der Waals surface area contributed by atoms with Gasteiger partial charge in [-0.15, -0.1) is 0 Å². The third kappa shape index (κ3) is 4.97. The summed E-state index contributed by atoms with van der Waals surface area (Å²) < 4.78 is 12.0. The average Bonchev–Trinajstić information content (AvgIpc) is 2.97. The maximum Gasteiger partial charge on any atom is 0.264 e. The van der Waals surface area contributed by atoms with Crippen LogP contribution in [-0.4, -0.2) is 24.3 Å². The Morgan fingerprint density at radius 3 is 2.57 bits per heavy atom. The maximum absolute atomic E-state index is 12.3. The minimum atomic E-state index is -0.173. The van der Waals surface area contributed by atoms with Gasteiger partial charge < -0.3 is 14.8 Å². The second-order valence-electron chi connectivity index (χ2n) is 6.52. The molecule has 1 amide bonds. The van der Waals surface area contributed by atoms with Gasteiger partial charge in [-0.25, -0.2) is 4.99 Å². The van der Waals surface area contributed by atoms with E-state index in [2.05, 4.69) is 26.2 Å².